The normalized spacial score (nSPS) is 11.7. The highest BCUT2D eigenvalue weighted by molar-refractivity contribution is 7.90. The highest BCUT2D eigenvalue weighted by atomic mass is 32.2. The van der Waals surface area contributed by atoms with Crippen LogP contribution in [0.25, 0.3) is 32.1 Å². The van der Waals surface area contributed by atoms with Gasteiger partial charge < -0.3 is 4.74 Å². The topological polar surface area (TPSA) is 65.4 Å². The molecule has 5 aromatic carbocycles. The maximum atomic E-state index is 14.2. The number of carbonyl (C=O) groups is 1. The van der Waals surface area contributed by atoms with Crippen molar-refractivity contribution in [2.24, 2.45) is 0 Å². The van der Waals surface area contributed by atoms with Gasteiger partial charge in [0.1, 0.15) is 0 Å². The fraction of sp³-hybridized carbons (Fsp3) is 0.125. The van der Waals surface area contributed by atoms with E-state index in [2.05, 4.69) is 18.2 Å². The summed E-state index contributed by atoms with van der Waals surface area (Å²) in [6, 6.07) is 38.9. The largest absolute Gasteiger partial charge is 0.462 e. The number of thiophene rings is 1. The van der Waals surface area contributed by atoms with Crippen molar-refractivity contribution < 1.29 is 17.9 Å². The molecule has 0 bridgehead atoms. The molecule has 0 fully saturated rings. The standard InChI is InChI=1S/C40H33NO4S2/c1-3-45-40(42)35-25-30-24-31(22-28-12-6-4-7-13-28)46-39(30)38(34(35)23-29-14-8-5-9-15-29)36-26-41(37-17-11-10-16-33(36)37)47(43,44)32-20-18-27(2)19-21-32/h4-21,24-26H,3,22-23H2,1-2H3. The van der Waals surface area contributed by atoms with Gasteiger partial charge >= 0.3 is 5.97 Å². The Kier molecular flexibility index (Phi) is 8.26. The molecule has 0 aliphatic heterocycles. The Morgan fingerprint density at radius 2 is 1.43 bits per heavy atom. The molecule has 2 heterocycles. The number of esters is 1. The van der Waals surface area contributed by atoms with Crippen LogP contribution in [-0.2, 0) is 27.6 Å². The van der Waals surface area contributed by atoms with Crippen molar-refractivity contribution in [3.63, 3.8) is 0 Å². The van der Waals surface area contributed by atoms with Gasteiger partial charge in [0, 0.05) is 38.7 Å². The second-order valence-corrected chi connectivity index (χ2v) is 14.6. The van der Waals surface area contributed by atoms with Gasteiger partial charge in [-0.2, -0.15) is 0 Å². The van der Waals surface area contributed by atoms with E-state index in [1.807, 2.05) is 97.9 Å². The maximum absolute atomic E-state index is 14.2. The van der Waals surface area contributed by atoms with Crippen LogP contribution in [0.1, 0.15) is 44.4 Å². The van der Waals surface area contributed by atoms with Crippen LogP contribution < -0.4 is 0 Å². The summed E-state index contributed by atoms with van der Waals surface area (Å²) in [6.07, 6.45) is 2.94. The fourth-order valence-electron chi connectivity index (χ4n) is 6.19. The van der Waals surface area contributed by atoms with Crippen LogP contribution in [0.4, 0.5) is 0 Å². The zero-order valence-electron chi connectivity index (χ0n) is 26.1. The van der Waals surface area contributed by atoms with Crippen molar-refractivity contribution in [3.8, 4) is 11.1 Å². The van der Waals surface area contributed by atoms with Crippen LogP contribution in [0.2, 0.25) is 0 Å². The molecule has 0 saturated heterocycles. The Hall–Kier alpha value is -4.98. The zero-order valence-corrected chi connectivity index (χ0v) is 27.8. The van der Waals surface area contributed by atoms with Crippen LogP contribution in [0.3, 0.4) is 0 Å². The van der Waals surface area contributed by atoms with Crippen molar-refractivity contribution in [2.75, 3.05) is 6.61 Å². The summed E-state index contributed by atoms with van der Waals surface area (Å²) in [4.78, 5) is 15.1. The molecule has 0 saturated carbocycles. The molecule has 7 heteroatoms. The van der Waals surface area contributed by atoms with Crippen molar-refractivity contribution in [3.05, 3.63) is 160 Å². The van der Waals surface area contributed by atoms with E-state index < -0.39 is 16.0 Å². The lowest BCUT2D eigenvalue weighted by atomic mass is 9.89. The van der Waals surface area contributed by atoms with Gasteiger partial charge in [-0.25, -0.2) is 17.2 Å². The molecule has 0 amide bonds. The van der Waals surface area contributed by atoms with E-state index in [0.717, 1.165) is 54.6 Å². The molecule has 0 N–H and O–H groups in total. The minimum Gasteiger partial charge on any atom is -0.462 e. The van der Waals surface area contributed by atoms with Gasteiger partial charge in [-0.3, -0.25) is 0 Å². The lowest BCUT2D eigenvalue weighted by Crippen LogP contribution is -2.12. The second kappa shape index (κ2) is 12.7. The fourth-order valence-corrected chi connectivity index (χ4v) is 8.82. The number of hydrogen-bond acceptors (Lipinski definition) is 5. The molecule has 2 aromatic heterocycles. The van der Waals surface area contributed by atoms with Crippen molar-refractivity contribution in [2.45, 2.75) is 31.6 Å². The lowest BCUT2D eigenvalue weighted by Gasteiger charge is -2.16. The maximum Gasteiger partial charge on any atom is 0.338 e. The number of fused-ring (bicyclic) bond motifs is 2. The van der Waals surface area contributed by atoms with E-state index in [1.54, 1.807) is 36.6 Å². The first kappa shape index (κ1) is 30.7. The van der Waals surface area contributed by atoms with Crippen molar-refractivity contribution >= 4 is 48.3 Å². The highest BCUT2D eigenvalue weighted by Crippen LogP contribution is 2.44. The number of nitrogens with zero attached hydrogens (tertiary/aromatic N) is 1. The number of ether oxygens (including phenoxy) is 1. The number of hydrogen-bond donors (Lipinski definition) is 0. The van der Waals surface area contributed by atoms with Crippen molar-refractivity contribution in [1.82, 2.24) is 3.97 Å². The van der Waals surface area contributed by atoms with Crippen molar-refractivity contribution in [1.29, 1.82) is 0 Å². The molecule has 0 atom stereocenters. The van der Waals surface area contributed by atoms with Gasteiger partial charge in [0.15, 0.2) is 0 Å². The molecule has 0 aliphatic rings. The van der Waals surface area contributed by atoms with Crippen LogP contribution in [-0.4, -0.2) is 25.0 Å². The van der Waals surface area contributed by atoms with Crippen LogP contribution >= 0.6 is 11.3 Å². The van der Waals surface area contributed by atoms with Gasteiger partial charge in [0.2, 0.25) is 0 Å². The predicted molar refractivity (Wildman–Crippen MR) is 191 cm³/mol. The Morgan fingerprint density at radius 1 is 0.787 bits per heavy atom. The molecule has 0 radical (unpaired) electrons. The van der Waals surface area contributed by atoms with Crippen LogP contribution in [0, 0.1) is 6.92 Å². The van der Waals surface area contributed by atoms with Crippen LogP contribution in [0.5, 0.6) is 0 Å². The monoisotopic (exact) mass is 655 g/mol. The first-order chi connectivity index (χ1) is 22.8. The molecule has 0 spiro atoms. The van der Waals surface area contributed by atoms with Gasteiger partial charge in [0.05, 0.1) is 22.6 Å². The average Bonchev–Trinajstić information content (AvgIpc) is 3.67. The third kappa shape index (κ3) is 5.88. The number of aromatic nitrogens is 1. The summed E-state index contributed by atoms with van der Waals surface area (Å²) in [5, 5.41) is 1.71. The Morgan fingerprint density at radius 3 is 2.11 bits per heavy atom. The first-order valence-electron chi connectivity index (χ1n) is 15.6. The van der Waals surface area contributed by atoms with Gasteiger partial charge in [-0.1, -0.05) is 96.6 Å². The third-order valence-corrected chi connectivity index (χ3v) is 11.3. The summed E-state index contributed by atoms with van der Waals surface area (Å²) < 4.78 is 36.4. The molecule has 47 heavy (non-hydrogen) atoms. The van der Waals surface area contributed by atoms with Gasteiger partial charge in [0.25, 0.3) is 10.0 Å². The number of rotatable bonds is 9. The summed E-state index contributed by atoms with van der Waals surface area (Å²) in [5.41, 5.74) is 6.69. The SMILES string of the molecule is CCOC(=O)c1cc2cc(Cc3ccccc3)sc2c(-c2cn(S(=O)(=O)c3ccc(C)cc3)c3ccccc23)c1Cc1ccccc1. The molecule has 0 aliphatic carbocycles. The number of carbonyl (C=O) groups excluding carboxylic acids is 1. The number of aryl methyl sites for hydroxylation is 1. The molecule has 7 rings (SSSR count). The minimum absolute atomic E-state index is 0.214. The Bertz CT molecular complexity index is 2340. The number of benzene rings is 5. The van der Waals surface area contributed by atoms with E-state index in [4.69, 9.17) is 4.74 Å². The van der Waals surface area contributed by atoms with E-state index in [9.17, 15) is 13.2 Å². The zero-order chi connectivity index (χ0) is 32.5. The summed E-state index contributed by atoms with van der Waals surface area (Å²) in [6.45, 7) is 3.98. The summed E-state index contributed by atoms with van der Waals surface area (Å²) in [7, 11) is -3.94. The van der Waals surface area contributed by atoms with E-state index in [1.165, 1.54) is 9.54 Å². The summed E-state index contributed by atoms with van der Waals surface area (Å²) >= 11 is 1.68. The smallest absolute Gasteiger partial charge is 0.338 e. The molecule has 234 valence electrons. The molecule has 7 aromatic rings. The van der Waals surface area contributed by atoms with Gasteiger partial charge in [-0.15, -0.1) is 11.3 Å². The molecular weight excluding hydrogens is 623 g/mol. The van der Waals surface area contributed by atoms with Crippen LogP contribution in [0.15, 0.2) is 132 Å². The van der Waals surface area contributed by atoms with E-state index in [-0.39, 0.29) is 11.5 Å². The van der Waals surface area contributed by atoms with E-state index >= 15 is 0 Å². The quantitative estimate of drug-likeness (QED) is 0.145. The number of para-hydroxylation sites is 1. The van der Waals surface area contributed by atoms with E-state index in [0.29, 0.717) is 17.5 Å². The molecule has 0 unspecified atom stereocenters. The molecular formula is C40H33NO4S2. The third-order valence-electron chi connectivity index (χ3n) is 8.43. The first-order valence-corrected chi connectivity index (χ1v) is 17.8. The summed E-state index contributed by atoms with van der Waals surface area (Å²) in [5.74, 6) is -0.395. The average molecular weight is 656 g/mol. The Labute approximate surface area is 278 Å². The second-order valence-electron chi connectivity index (χ2n) is 11.6. The molecule has 5 nitrogen and oxygen atoms in total. The minimum atomic E-state index is -3.94. The predicted octanol–water partition coefficient (Wildman–Crippen LogP) is 9.43. The lowest BCUT2D eigenvalue weighted by molar-refractivity contribution is 0.0525. The van der Waals surface area contributed by atoms with Gasteiger partial charge in [-0.05, 0) is 72.7 Å². The highest BCUT2D eigenvalue weighted by Gasteiger charge is 2.27. The Balaban J connectivity index is 1.54.